The predicted octanol–water partition coefficient (Wildman–Crippen LogP) is 7.58. The summed E-state index contributed by atoms with van der Waals surface area (Å²) < 4.78 is 13.2. The van der Waals surface area contributed by atoms with E-state index in [1.54, 1.807) is 32.1 Å². The number of carboxylic acid groups (broad SMARTS) is 1. The van der Waals surface area contributed by atoms with Crippen molar-refractivity contribution in [1.82, 2.24) is 0 Å². The number of carbonyl (C=O) groups is 1. The van der Waals surface area contributed by atoms with Gasteiger partial charge in [0.1, 0.15) is 18.1 Å². The van der Waals surface area contributed by atoms with E-state index in [1.807, 2.05) is 42.5 Å². The van der Waals surface area contributed by atoms with Crippen LogP contribution in [0, 0.1) is 18.8 Å². The van der Waals surface area contributed by atoms with Crippen LogP contribution in [-0.4, -0.2) is 28.4 Å². The summed E-state index contributed by atoms with van der Waals surface area (Å²) in [7, 11) is 0. The van der Waals surface area contributed by atoms with Gasteiger partial charge in [-0.15, -0.1) is 17.3 Å². The molecule has 202 valence electrons. The Morgan fingerprint density at radius 2 is 1.72 bits per heavy atom. The fraction of sp³-hybridized carbons (Fsp3) is 0.303. The van der Waals surface area contributed by atoms with Crippen LogP contribution in [-0.2, 0) is 11.4 Å². The maximum atomic E-state index is 11.2. The van der Waals surface area contributed by atoms with Crippen LogP contribution in [0.5, 0.6) is 11.5 Å². The lowest BCUT2D eigenvalue weighted by atomic mass is 9.95. The average Bonchev–Trinajstić information content (AvgIpc) is 3.30. The summed E-state index contributed by atoms with van der Waals surface area (Å²) in [5, 5.41) is 22.4. The first-order valence-corrected chi connectivity index (χ1v) is 13.8. The first-order chi connectivity index (χ1) is 18.6. The molecule has 0 aliphatic rings. The minimum atomic E-state index is -0.861. The second kappa shape index (κ2) is 12.4. The summed E-state index contributed by atoms with van der Waals surface area (Å²) >= 11 is 1.71. The number of aliphatic carboxylic acids is 1. The third kappa shape index (κ3) is 7.63. The van der Waals surface area contributed by atoms with Crippen molar-refractivity contribution in [1.29, 1.82) is 0 Å². The van der Waals surface area contributed by atoms with E-state index in [0.717, 1.165) is 44.7 Å². The summed E-state index contributed by atoms with van der Waals surface area (Å²) in [5.74, 6) is 6.22. The maximum Gasteiger partial charge on any atom is 0.304 e. The van der Waals surface area contributed by atoms with Crippen molar-refractivity contribution in [3.63, 3.8) is 0 Å². The van der Waals surface area contributed by atoms with E-state index >= 15 is 0 Å². The molecule has 0 bridgehead atoms. The molecule has 4 aromatic rings. The van der Waals surface area contributed by atoms with Crippen LogP contribution in [0.25, 0.3) is 21.2 Å². The van der Waals surface area contributed by atoms with Crippen LogP contribution in [0.15, 0.2) is 66.0 Å². The molecule has 0 radical (unpaired) electrons. The van der Waals surface area contributed by atoms with E-state index in [1.165, 1.54) is 4.70 Å². The number of hydrogen-bond acceptors (Lipinski definition) is 5. The molecule has 1 heterocycles. The number of aliphatic hydroxyl groups is 1. The lowest BCUT2D eigenvalue weighted by Crippen LogP contribution is -2.21. The van der Waals surface area contributed by atoms with Gasteiger partial charge in [0.25, 0.3) is 0 Å². The molecule has 0 saturated carbocycles. The maximum absolute atomic E-state index is 11.2. The SMILES string of the molecule is CC#CC(CC(=O)O)c1ccc(COc2ccc3scc(-c4ccc(OCCC(C)(C)O)cc4C)c3c2)cc1. The monoisotopic (exact) mass is 542 g/mol. The summed E-state index contributed by atoms with van der Waals surface area (Å²) in [6, 6.07) is 20.1. The van der Waals surface area contributed by atoms with E-state index < -0.39 is 11.6 Å². The standard InChI is InChI=1S/C33H34O5S/c1-5-6-25(18-32(34)35)24-9-7-23(8-10-24)20-38-27-12-14-31-29(19-27)30(21-39-31)28-13-11-26(17-22(28)2)37-16-15-33(3,4)36/h7-14,17,19,21,25,36H,15-16,18,20H2,1-4H3,(H,34,35). The van der Waals surface area contributed by atoms with Crippen molar-refractivity contribution in [2.45, 2.75) is 58.7 Å². The minimum absolute atomic E-state index is 0.0169. The van der Waals surface area contributed by atoms with E-state index in [2.05, 4.69) is 42.3 Å². The molecular formula is C33H34O5S. The molecular weight excluding hydrogens is 508 g/mol. The van der Waals surface area contributed by atoms with E-state index in [0.29, 0.717) is 19.6 Å². The second-order valence-corrected chi connectivity index (χ2v) is 11.2. The molecule has 3 aromatic carbocycles. The van der Waals surface area contributed by atoms with Crippen LogP contribution in [0.1, 0.15) is 56.2 Å². The van der Waals surface area contributed by atoms with Gasteiger partial charge < -0.3 is 19.7 Å². The van der Waals surface area contributed by atoms with Crippen molar-refractivity contribution >= 4 is 27.4 Å². The molecule has 1 unspecified atom stereocenters. The number of carboxylic acids is 1. The Balaban J connectivity index is 1.46. The number of aryl methyl sites for hydroxylation is 1. The van der Waals surface area contributed by atoms with Crippen LogP contribution in [0.3, 0.4) is 0 Å². The van der Waals surface area contributed by atoms with Gasteiger partial charge in [-0.3, -0.25) is 4.79 Å². The molecule has 5 nitrogen and oxygen atoms in total. The molecule has 0 spiro atoms. The van der Waals surface area contributed by atoms with Crippen LogP contribution < -0.4 is 9.47 Å². The molecule has 39 heavy (non-hydrogen) atoms. The molecule has 1 atom stereocenters. The topological polar surface area (TPSA) is 76.0 Å². The highest BCUT2D eigenvalue weighted by atomic mass is 32.1. The fourth-order valence-corrected chi connectivity index (χ4v) is 5.31. The average molecular weight is 543 g/mol. The van der Waals surface area contributed by atoms with E-state index in [4.69, 9.17) is 9.47 Å². The first-order valence-electron chi connectivity index (χ1n) is 13.0. The highest BCUT2D eigenvalue weighted by Gasteiger charge is 2.15. The van der Waals surface area contributed by atoms with E-state index in [9.17, 15) is 15.0 Å². The van der Waals surface area contributed by atoms with Crippen LogP contribution in [0.2, 0.25) is 0 Å². The Hall–Kier alpha value is -3.79. The second-order valence-electron chi connectivity index (χ2n) is 10.3. The van der Waals surface area contributed by atoms with Crippen LogP contribution >= 0.6 is 11.3 Å². The van der Waals surface area contributed by atoms with Gasteiger partial charge in [-0.25, -0.2) is 0 Å². The fourth-order valence-electron chi connectivity index (χ4n) is 4.37. The zero-order chi connectivity index (χ0) is 28.0. The molecule has 2 N–H and O–H groups in total. The number of hydrogen-bond donors (Lipinski definition) is 2. The van der Waals surface area contributed by atoms with Crippen LogP contribution in [0.4, 0.5) is 0 Å². The molecule has 0 fully saturated rings. The van der Waals surface area contributed by atoms with E-state index in [-0.39, 0.29) is 12.3 Å². The Bertz CT molecular complexity index is 1500. The summed E-state index contributed by atoms with van der Waals surface area (Å²) in [6.07, 6.45) is 0.547. The number of rotatable bonds is 11. The molecule has 0 aliphatic heterocycles. The predicted molar refractivity (Wildman–Crippen MR) is 158 cm³/mol. The summed E-state index contributed by atoms with van der Waals surface area (Å²) in [6.45, 7) is 8.23. The zero-order valence-corrected chi connectivity index (χ0v) is 23.6. The van der Waals surface area contributed by atoms with Gasteiger partial charge in [0.15, 0.2) is 0 Å². The third-order valence-corrected chi connectivity index (χ3v) is 7.46. The Morgan fingerprint density at radius 1 is 1.00 bits per heavy atom. The van der Waals surface area contributed by atoms with Gasteiger partial charge in [0.2, 0.25) is 0 Å². The summed E-state index contributed by atoms with van der Waals surface area (Å²) in [5.41, 5.74) is 4.57. The Morgan fingerprint density at radius 3 is 2.38 bits per heavy atom. The lowest BCUT2D eigenvalue weighted by molar-refractivity contribution is -0.137. The van der Waals surface area contributed by atoms with Gasteiger partial charge in [-0.2, -0.15) is 0 Å². The largest absolute Gasteiger partial charge is 0.493 e. The number of fused-ring (bicyclic) bond motifs is 1. The smallest absolute Gasteiger partial charge is 0.304 e. The molecule has 0 amide bonds. The molecule has 1 aromatic heterocycles. The van der Waals surface area contributed by atoms with Gasteiger partial charge in [0, 0.05) is 22.1 Å². The molecule has 0 saturated heterocycles. The molecule has 0 aliphatic carbocycles. The van der Waals surface area contributed by atoms with Crippen molar-refractivity contribution in [2.75, 3.05) is 6.61 Å². The molecule has 6 heteroatoms. The quantitative estimate of drug-likeness (QED) is 0.191. The van der Waals surface area contributed by atoms with Gasteiger partial charge in [-0.05, 0) is 85.7 Å². The highest BCUT2D eigenvalue weighted by Crippen LogP contribution is 2.38. The Kier molecular flexibility index (Phi) is 8.96. The van der Waals surface area contributed by atoms with Gasteiger partial charge >= 0.3 is 5.97 Å². The van der Waals surface area contributed by atoms with Gasteiger partial charge in [-0.1, -0.05) is 36.3 Å². The van der Waals surface area contributed by atoms with Crippen molar-refractivity contribution in [2.24, 2.45) is 0 Å². The molecule has 4 rings (SSSR count). The first kappa shape index (κ1) is 28.2. The highest BCUT2D eigenvalue weighted by molar-refractivity contribution is 7.17. The zero-order valence-electron chi connectivity index (χ0n) is 22.8. The van der Waals surface area contributed by atoms with Crippen molar-refractivity contribution in [3.05, 3.63) is 82.7 Å². The van der Waals surface area contributed by atoms with Gasteiger partial charge in [0.05, 0.1) is 24.5 Å². The van der Waals surface area contributed by atoms with Crippen molar-refractivity contribution < 1.29 is 24.5 Å². The third-order valence-electron chi connectivity index (χ3n) is 6.50. The number of thiophene rings is 1. The summed E-state index contributed by atoms with van der Waals surface area (Å²) in [4.78, 5) is 11.2. The van der Waals surface area contributed by atoms with Crippen molar-refractivity contribution in [3.8, 4) is 34.5 Å². The minimum Gasteiger partial charge on any atom is -0.493 e. The Labute approximate surface area is 234 Å². The number of benzene rings is 3. The number of ether oxygens (including phenoxy) is 2. The lowest BCUT2D eigenvalue weighted by Gasteiger charge is -2.17. The normalized spacial score (nSPS) is 12.0.